The minimum Gasteiger partial charge on any atom is -0.330 e. The van der Waals surface area contributed by atoms with Gasteiger partial charge in [-0.1, -0.05) is 6.07 Å². The van der Waals surface area contributed by atoms with Gasteiger partial charge in [-0.2, -0.15) is 0 Å². The van der Waals surface area contributed by atoms with Gasteiger partial charge in [0.25, 0.3) is 0 Å². The summed E-state index contributed by atoms with van der Waals surface area (Å²) in [5, 5.41) is 0. The van der Waals surface area contributed by atoms with Crippen molar-refractivity contribution in [1.29, 1.82) is 0 Å². The number of thioether (sulfide) groups is 1. The Bertz CT molecular complexity index is 327. The number of hydrogen-bond donors (Lipinski definition) is 1. The fourth-order valence-electron chi connectivity index (χ4n) is 1.94. The Hall–Kier alpha value is -0.540. The molecule has 1 aliphatic rings. The van der Waals surface area contributed by atoms with E-state index in [9.17, 15) is 4.39 Å². The number of fused-ring (bicyclic) bond motifs is 1. The minimum atomic E-state index is -0.135. The van der Waals surface area contributed by atoms with E-state index in [0.29, 0.717) is 12.5 Å². The molecule has 2 rings (SSSR count). The average molecular weight is 211 g/mol. The number of hydrogen-bond acceptors (Lipinski definition) is 2. The second kappa shape index (κ2) is 4.32. The molecule has 0 amide bonds. The number of benzene rings is 1. The molecule has 0 fully saturated rings. The lowest BCUT2D eigenvalue weighted by molar-refractivity contribution is 0.588. The van der Waals surface area contributed by atoms with Crippen molar-refractivity contribution in [1.82, 2.24) is 0 Å². The first-order valence-corrected chi connectivity index (χ1v) is 5.92. The van der Waals surface area contributed by atoms with Gasteiger partial charge in [0.15, 0.2) is 0 Å². The molecule has 1 atom stereocenters. The van der Waals surface area contributed by atoms with Crippen LogP contribution in [0, 0.1) is 5.82 Å². The molecule has 1 aromatic rings. The first kappa shape index (κ1) is 9.99. The van der Waals surface area contributed by atoms with Gasteiger partial charge in [0, 0.05) is 4.90 Å². The summed E-state index contributed by atoms with van der Waals surface area (Å²) < 4.78 is 13.0. The molecule has 76 valence electrons. The van der Waals surface area contributed by atoms with E-state index < -0.39 is 0 Å². The fraction of sp³-hybridized carbons (Fsp3) is 0.455. The van der Waals surface area contributed by atoms with Crippen LogP contribution >= 0.6 is 11.8 Å². The van der Waals surface area contributed by atoms with Gasteiger partial charge in [-0.3, -0.25) is 0 Å². The van der Waals surface area contributed by atoms with Crippen molar-refractivity contribution < 1.29 is 4.39 Å². The molecule has 0 saturated heterocycles. The van der Waals surface area contributed by atoms with Crippen LogP contribution in [-0.4, -0.2) is 12.3 Å². The van der Waals surface area contributed by atoms with Crippen LogP contribution in [0.4, 0.5) is 4.39 Å². The van der Waals surface area contributed by atoms with Crippen molar-refractivity contribution in [2.45, 2.75) is 23.7 Å². The van der Waals surface area contributed by atoms with E-state index in [1.165, 1.54) is 12.0 Å². The van der Waals surface area contributed by atoms with Crippen molar-refractivity contribution in [2.24, 2.45) is 5.73 Å². The second-order valence-electron chi connectivity index (χ2n) is 3.59. The maximum absolute atomic E-state index is 13.0. The highest BCUT2D eigenvalue weighted by atomic mass is 32.2. The maximum atomic E-state index is 13.0. The first-order valence-electron chi connectivity index (χ1n) is 4.93. The van der Waals surface area contributed by atoms with E-state index in [1.54, 1.807) is 23.9 Å². The predicted molar refractivity (Wildman–Crippen MR) is 58.2 cm³/mol. The Balaban J connectivity index is 2.30. The maximum Gasteiger partial charge on any atom is 0.124 e. The molecule has 1 aromatic carbocycles. The van der Waals surface area contributed by atoms with E-state index in [1.807, 2.05) is 6.07 Å². The summed E-state index contributed by atoms with van der Waals surface area (Å²) in [4.78, 5) is 1.11. The molecule has 1 nitrogen and oxygen atoms in total. The third kappa shape index (κ3) is 1.93. The van der Waals surface area contributed by atoms with Gasteiger partial charge in [0.2, 0.25) is 0 Å². The van der Waals surface area contributed by atoms with Gasteiger partial charge < -0.3 is 5.73 Å². The summed E-state index contributed by atoms with van der Waals surface area (Å²) in [6.07, 6.45) is 2.18. The molecule has 1 heterocycles. The summed E-state index contributed by atoms with van der Waals surface area (Å²) >= 11 is 1.75. The van der Waals surface area contributed by atoms with Crippen molar-refractivity contribution in [3.63, 3.8) is 0 Å². The third-order valence-electron chi connectivity index (χ3n) is 2.65. The zero-order valence-corrected chi connectivity index (χ0v) is 8.82. The van der Waals surface area contributed by atoms with E-state index in [-0.39, 0.29) is 5.82 Å². The van der Waals surface area contributed by atoms with Gasteiger partial charge in [-0.15, -0.1) is 11.8 Å². The molecule has 0 radical (unpaired) electrons. The second-order valence-corrected chi connectivity index (χ2v) is 4.73. The molecule has 14 heavy (non-hydrogen) atoms. The largest absolute Gasteiger partial charge is 0.330 e. The lowest BCUT2D eigenvalue weighted by Crippen LogP contribution is -2.12. The van der Waals surface area contributed by atoms with Crippen LogP contribution in [-0.2, 0) is 0 Å². The third-order valence-corrected chi connectivity index (χ3v) is 3.76. The number of halogens is 1. The van der Waals surface area contributed by atoms with Gasteiger partial charge in [0.1, 0.15) is 5.82 Å². The van der Waals surface area contributed by atoms with Gasteiger partial charge >= 0.3 is 0 Å². The minimum absolute atomic E-state index is 0.135. The molecule has 0 aromatic heterocycles. The van der Waals surface area contributed by atoms with E-state index >= 15 is 0 Å². The zero-order chi connectivity index (χ0) is 9.97. The SMILES string of the molecule is NCCC1CCSc2cc(F)ccc21. The summed E-state index contributed by atoms with van der Waals surface area (Å²) in [5.74, 6) is 1.49. The molecule has 3 heteroatoms. The number of nitrogens with two attached hydrogens (primary N) is 1. The van der Waals surface area contributed by atoms with Crippen LogP contribution in [0.1, 0.15) is 24.3 Å². The smallest absolute Gasteiger partial charge is 0.124 e. The highest BCUT2D eigenvalue weighted by Crippen LogP contribution is 2.39. The summed E-state index contributed by atoms with van der Waals surface area (Å²) in [7, 11) is 0. The lowest BCUT2D eigenvalue weighted by Gasteiger charge is -2.24. The standard InChI is InChI=1S/C11H14FNS/c12-9-1-2-10-8(3-5-13)4-6-14-11(10)7-9/h1-2,7-8H,3-6,13H2. The van der Waals surface area contributed by atoms with Crippen LogP contribution in [0.3, 0.4) is 0 Å². The molecule has 1 aliphatic heterocycles. The van der Waals surface area contributed by atoms with Gasteiger partial charge in [-0.25, -0.2) is 4.39 Å². The predicted octanol–water partition coefficient (Wildman–Crippen LogP) is 2.75. The van der Waals surface area contributed by atoms with Crippen molar-refractivity contribution in [3.05, 3.63) is 29.6 Å². The van der Waals surface area contributed by atoms with Crippen molar-refractivity contribution in [2.75, 3.05) is 12.3 Å². The quantitative estimate of drug-likeness (QED) is 0.814. The number of rotatable bonds is 2. The molecule has 0 spiro atoms. The summed E-state index contributed by atoms with van der Waals surface area (Å²) in [5.41, 5.74) is 6.85. The fourth-order valence-corrected chi connectivity index (χ4v) is 3.16. The molecular formula is C11H14FNS. The Morgan fingerprint density at radius 1 is 1.50 bits per heavy atom. The lowest BCUT2D eigenvalue weighted by atomic mass is 9.93. The first-order chi connectivity index (χ1) is 6.81. The Morgan fingerprint density at radius 2 is 2.36 bits per heavy atom. The molecule has 1 unspecified atom stereocenters. The van der Waals surface area contributed by atoms with Crippen LogP contribution in [0.15, 0.2) is 23.1 Å². The van der Waals surface area contributed by atoms with Gasteiger partial charge in [-0.05, 0) is 48.8 Å². The normalized spacial score (nSPS) is 20.6. The topological polar surface area (TPSA) is 26.0 Å². The summed E-state index contributed by atoms with van der Waals surface area (Å²) in [6, 6.07) is 5.11. The molecule has 0 saturated carbocycles. The average Bonchev–Trinajstić information content (AvgIpc) is 2.18. The highest BCUT2D eigenvalue weighted by molar-refractivity contribution is 7.99. The van der Waals surface area contributed by atoms with Crippen LogP contribution in [0.25, 0.3) is 0 Å². The molecule has 0 aliphatic carbocycles. The van der Waals surface area contributed by atoms with Crippen molar-refractivity contribution in [3.8, 4) is 0 Å². The van der Waals surface area contributed by atoms with Crippen LogP contribution in [0.5, 0.6) is 0 Å². The highest BCUT2D eigenvalue weighted by Gasteiger charge is 2.20. The molecule has 0 bridgehead atoms. The van der Waals surface area contributed by atoms with Crippen LogP contribution < -0.4 is 5.73 Å². The summed E-state index contributed by atoms with van der Waals surface area (Å²) in [6.45, 7) is 0.714. The Morgan fingerprint density at radius 3 is 3.14 bits per heavy atom. The zero-order valence-electron chi connectivity index (χ0n) is 8.00. The molecular weight excluding hydrogens is 197 g/mol. The van der Waals surface area contributed by atoms with Crippen LogP contribution in [0.2, 0.25) is 0 Å². The Kier molecular flexibility index (Phi) is 3.08. The molecule has 2 N–H and O–H groups in total. The van der Waals surface area contributed by atoms with Gasteiger partial charge in [0.05, 0.1) is 0 Å². The van der Waals surface area contributed by atoms with Crippen molar-refractivity contribution >= 4 is 11.8 Å². The Labute approximate surface area is 87.9 Å². The van der Waals surface area contributed by atoms with E-state index in [0.717, 1.165) is 17.1 Å². The van der Waals surface area contributed by atoms with E-state index in [2.05, 4.69) is 0 Å². The monoisotopic (exact) mass is 211 g/mol. The van der Waals surface area contributed by atoms with E-state index in [4.69, 9.17) is 5.73 Å².